The second kappa shape index (κ2) is 7.40. The van der Waals surface area contributed by atoms with Crippen LogP contribution in [0.3, 0.4) is 0 Å². The third-order valence-electron chi connectivity index (χ3n) is 3.42. The van der Waals surface area contributed by atoms with Crippen LogP contribution in [0.25, 0.3) is 0 Å². The fourth-order valence-electron chi connectivity index (χ4n) is 1.90. The molecule has 0 bridgehead atoms. The Morgan fingerprint density at radius 1 is 1.32 bits per heavy atom. The van der Waals surface area contributed by atoms with Crippen LogP contribution in [-0.4, -0.2) is 16.9 Å². The van der Waals surface area contributed by atoms with Crippen molar-refractivity contribution in [2.45, 2.75) is 46.8 Å². The second-order valence-electron chi connectivity index (χ2n) is 5.41. The van der Waals surface area contributed by atoms with Crippen molar-refractivity contribution < 1.29 is 9.53 Å². The molecule has 0 saturated heterocycles. The fourth-order valence-corrected chi connectivity index (χ4v) is 2.78. The first-order valence-corrected chi connectivity index (χ1v) is 8.28. The molecule has 1 aromatic heterocycles. The number of thiazole rings is 1. The predicted molar refractivity (Wildman–Crippen MR) is 89.6 cm³/mol. The van der Waals surface area contributed by atoms with Gasteiger partial charge < -0.3 is 10.1 Å². The van der Waals surface area contributed by atoms with Crippen LogP contribution >= 0.6 is 11.3 Å². The minimum Gasteiger partial charge on any atom is -0.486 e. The number of carbonyl (C=O) groups excluding carboxylic acids is 1. The van der Waals surface area contributed by atoms with Crippen LogP contribution in [0.5, 0.6) is 5.75 Å². The molecule has 2 aromatic rings. The van der Waals surface area contributed by atoms with Gasteiger partial charge in [0.2, 0.25) is 0 Å². The zero-order valence-corrected chi connectivity index (χ0v) is 14.3. The van der Waals surface area contributed by atoms with Gasteiger partial charge in [-0.15, -0.1) is 11.3 Å². The van der Waals surface area contributed by atoms with E-state index < -0.39 is 0 Å². The van der Waals surface area contributed by atoms with Crippen molar-refractivity contribution in [3.63, 3.8) is 0 Å². The van der Waals surface area contributed by atoms with Gasteiger partial charge in [0.25, 0.3) is 5.91 Å². The van der Waals surface area contributed by atoms with Crippen LogP contribution in [0.15, 0.2) is 24.3 Å². The molecule has 1 heterocycles. The van der Waals surface area contributed by atoms with E-state index >= 15 is 0 Å². The molecule has 0 radical (unpaired) electrons. The van der Waals surface area contributed by atoms with E-state index in [1.165, 1.54) is 16.9 Å². The van der Waals surface area contributed by atoms with Crippen molar-refractivity contribution in [2.24, 2.45) is 0 Å². The van der Waals surface area contributed by atoms with Gasteiger partial charge in [0.15, 0.2) is 0 Å². The van der Waals surface area contributed by atoms with Gasteiger partial charge in [-0.05, 0) is 39.3 Å². The van der Waals surface area contributed by atoms with E-state index in [1.807, 2.05) is 52.0 Å². The number of nitrogens with zero attached hydrogens (tertiary/aromatic N) is 1. The average molecular weight is 318 g/mol. The minimum atomic E-state index is -0.0501. The molecule has 1 amide bonds. The predicted octanol–water partition coefficient (Wildman–Crippen LogP) is 3.87. The Bertz CT molecular complexity index is 635. The van der Waals surface area contributed by atoms with E-state index in [0.29, 0.717) is 11.5 Å². The van der Waals surface area contributed by atoms with Gasteiger partial charge >= 0.3 is 0 Å². The summed E-state index contributed by atoms with van der Waals surface area (Å²) in [6.07, 6.45) is 0.910. The lowest BCUT2D eigenvalue weighted by Gasteiger charge is -2.10. The van der Waals surface area contributed by atoms with Crippen LogP contribution in [0.4, 0.5) is 0 Å². The third-order valence-corrected chi connectivity index (χ3v) is 4.55. The molecule has 0 aliphatic heterocycles. The van der Waals surface area contributed by atoms with Crippen molar-refractivity contribution in [2.75, 3.05) is 0 Å². The Balaban J connectivity index is 2.00. The molecule has 0 spiro atoms. The summed E-state index contributed by atoms with van der Waals surface area (Å²) in [5.41, 5.74) is 1.95. The van der Waals surface area contributed by atoms with Crippen LogP contribution in [0.1, 0.15) is 46.2 Å². The highest BCUT2D eigenvalue weighted by molar-refractivity contribution is 7.13. The van der Waals surface area contributed by atoms with E-state index in [-0.39, 0.29) is 11.9 Å². The van der Waals surface area contributed by atoms with E-state index in [2.05, 4.69) is 10.3 Å². The van der Waals surface area contributed by atoms with Crippen molar-refractivity contribution in [1.29, 1.82) is 0 Å². The summed E-state index contributed by atoms with van der Waals surface area (Å²) in [5, 5.41) is 3.78. The van der Waals surface area contributed by atoms with E-state index in [4.69, 9.17) is 4.74 Å². The Kier molecular flexibility index (Phi) is 5.55. The van der Waals surface area contributed by atoms with Gasteiger partial charge in [0.05, 0.1) is 5.69 Å². The highest BCUT2D eigenvalue weighted by Crippen LogP contribution is 2.20. The maximum Gasteiger partial charge on any atom is 0.263 e. The summed E-state index contributed by atoms with van der Waals surface area (Å²) in [7, 11) is 0. The summed E-state index contributed by atoms with van der Waals surface area (Å²) in [4.78, 5) is 17.3. The smallest absolute Gasteiger partial charge is 0.263 e. The maximum atomic E-state index is 12.2. The normalized spacial score (nSPS) is 12.0. The maximum absolute atomic E-state index is 12.2. The summed E-state index contributed by atoms with van der Waals surface area (Å²) in [6, 6.07) is 8.06. The lowest BCUT2D eigenvalue weighted by molar-refractivity contribution is 0.0942. The molecule has 5 heteroatoms. The van der Waals surface area contributed by atoms with Crippen molar-refractivity contribution >= 4 is 17.2 Å². The van der Waals surface area contributed by atoms with Gasteiger partial charge in [-0.2, -0.15) is 0 Å². The van der Waals surface area contributed by atoms with Crippen molar-refractivity contribution in [1.82, 2.24) is 10.3 Å². The monoisotopic (exact) mass is 318 g/mol. The highest BCUT2D eigenvalue weighted by Gasteiger charge is 2.16. The molecule has 0 unspecified atom stereocenters. The quantitative estimate of drug-likeness (QED) is 0.879. The Morgan fingerprint density at radius 2 is 2.00 bits per heavy atom. The third kappa shape index (κ3) is 4.31. The lowest BCUT2D eigenvalue weighted by atomic mass is 10.2. The number of nitrogens with one attached hydrogen (secondary N) is 1. The van der Waals surface area contributed by atoms with Crippen LogP contribution < -0.4 is 10.1 Å². The summed E-state index contributed by atoms with van der Waals surface area (Å²) < 4.78 is 5.71. The Hall–Kier alpha value is -1.88. The molecule has 1 atom stereocenters. The molecular formula is C17H22N2O2S. The largest absolute Gasteiger partial charge is 0.486 e. The van der Waals surface area contributed by atoms with Gasteiger partial charge in [0.1, 0.15) is 22.2 Å². The zero-order chi connectivity index (χ0) is 16.1. The number of hydrogen-bond donors (Lipinski definition) is 1. The number of rotatable bonds is 6. The second-order valence-corrected chi connectivity index (χ2v) is 6.49. The minimum absolute atomic E-state index is 0.0501. The molecule has 0 aliphatic rings. The van der Waals surface area contributed by atoms with Gasteiger partial charge in [-0.1, -0.05) is 24.6 Å². The first-order valence-electron chi connectivity index (χ1n) is 7.46. The molecular weight excluding hydrogens is 296 g/mol. The van der Waals surface area contributed by atoms with E-state index in [1.54, 1.807) is 0 Å². The van der Waals surface area contributed by atoms with Crippen molar-refractivity contribution in [3.8, 4) is 5.75 Å². The number of carbonyl (C=O) groups is 1. The number of aryl methyl sites for hydroxylation is 2. The molecule has 0 fully saturated rings. The van der Waals surface area contributed by atoms with Gasteiger partial charge in [-0.25, -0.2) is 4.98 Å². The van der Waals surface area contributed by atoms with Crippen LogP contribution in [0, 0.1) is 13.8 Å². The van der Waals surface area contributed by atoms with Crippen molar-refractivity contribution in [3.05, 3.63) is 45.4 Å². The number of aromatic nitrogens is 1. The molecule has 0 saturated carbocycles. The summed E-state index contributed by atoms with van der Waals surface area (Å²) >= 11 is 1.39. The molecule has 1 aromatic carbocycles. The molecule has 22 heavy (non-hydrogen) atoms. The van der Waals surface area contributed by atoms with Crippen LogP contribution in [-0.2, 0) is 6.61 Å². The first kappa shape index (κ1) is 16.5. The molecule has 1 N–H and O–H groups in total. The number of benzene rings is 1. The molecule has 2 rings (SSSR count). The van der Waals surface area contributed by atoms with Gasteiger partial charge in [0, 0.05) is 6.04 Å². The average Bonchev–Trinajstić information content (AvgIpc) is 2.87. The van der Waals surface area contributed by atoms with E-state index in [0.717, 1.165) is 22.9 Å². The fraction of sp³-hybridized carbons (Fsp3) is 0.412. The molecule has 118 valence electrons. The number of amides is 1. The topological polar surface area (TPSA) is 51.2 Å². The SMILES string of the molecule is CC[C@@H](C)NC(=O)c1sc(COc2ccc(C)cc2)nc1C. The number of ether oxygens (including phenoxy) is 1. The standard InChI is InChI=1S/C17H22N2O2S/c1-5-12(3)18-17(20)16-13(4)19-15(22-16)10-21-14-8-6-11(2)7-9-14/h6-9,12H,5,10H2,1-4H3,(H,18,20)/t12-/m1/s1. The Labute approximate surface area is 135 Å². The highest BCUT2D eigenvalue weighted by atomic mass is 32.1. The zero-order valence-electron chi connectivity index (χ0n) is 13.5. The van der Waals surface area contributed by atoms with E-state index in [9.17, 15) is 4.79 Å². The van der Waals surface area contributed by atoms with Crippen LogP contribution in [0.2, 0.25) is 0 Å². The van der Waals surface area contributed by atoms with Gasteiger partial charge in [-0.3, -0.25) is 4.79 Å². The summed E-state index contributed by atoms with van der Waals surface area (Å²) in [6.45, 7) is 8.32. The lowest BCUT2D eigenvalue weighted by Crippen LogP contribution is -2.31. The summed E-state index contributed by atoms with van der Waals surface area (Å²) in [5.74, 6) is 0.759. The first-order chi connectivity index (χ1) is 10.5. The molecule has 4 nitrogen and oxygen atoms in total. The Morgan fingerprint density at radius 3 is 2.64 bits per heavy atom. The molecule has 0 aliphatic carbocycles. The number of hydrogen-bond acceptors (Lipinski definition) is 4.